The van der Waals surface area contributed by atoms with Crippen LogP contribution in [0.1, 0.15) is 65.2 Å². The van der Waals surface area contributed by atoms with E-state index in [0.717, 1.165) is 0 Å². The van der Waals surface area contributed by atoms with Crippen molar-refractivity contribution in [3.63, 3.8) is 0 Å². The lowest BCUT2D eigenvalue weighted by Gasteiger charge is -2.28. The summed E-state index contributed by atoms with van der Waals surface area (Å²) in [6.07, 6.45) is 0.790. The molecule has 0 heterocycles. The van der Waals surface area contributed by atoms with Crippen molar-refractivity contribution in [3.8, 4) is 0 Å². The van der Waals surface area contributed by atoms with Gasteiger partial charge in [0.25, 0.3) is 0 Å². The van der Waals surface area contributed by atoms with Gasteiger partial charge in [0.1, 0.15) is 18.1 Å². The molecule has 4 amide bonds. The summed E-state index contributed by atoms with van der Waals surface area (Å²) >= 11 is 0. The largest absolute Gasteiger partial charge is 0.481 e. The molecule has 5 unspecified atom stereocenters. The van der Waals surface area contributed by atoms with Gasteiger partial charge in [-0.05, 0) is 38.1 Å². The third-order valence-electron chi connectivity index (χ3n) is 5.67. The van der Waals surface area contributed by atoms with Crippen LogP contribution in [0.2, 0.25) is 0 Å². The molecule has 0 aliphatic heterocycles. The van der Waals surface area contributed by atoms with Gasteiger partial charge in [-0.3, -0.25) is 24.0 Å². The van der Waals surface area contributed by atoms with E-state index in [-0.39, 0.29) is 19.3 Å². The predicted molar refractivity (Wildman–Crippen MR) is 129 cm³/mol. The topological polar surface area (TPSA) is 257 Å². The van der Waals surface area contributed by atoms with Crippen molar-refractivity contribution in [1.82, 2.24) is 16.0 Å². The lowest BCUT2D eigenvalue weighted by Crippen LogP contribution is -2.58. The van der Waals surface area contributed by atoms with E-state index < -0.39 is 72.1 Å². The van der Waals surface area contributed by atoms with E-state index in [1.54, 1.807) is 13.8 Å². The summed E-state index contributed by atoms with van der Waals surface area (Å²) in [6.45, 7) is 3.84. The Balaban J connectivity index is 5.55. The smallest absolute Gasteiger partial charge is 0.326 e. The summed E-state index contributed by atoms with van der Waals surface area (Å²) in [4.78, 5) is 71.9. The molecular formula is C22H40N6O8. The zero-order valence-electron chi connectivity index (χ0n) is 20.8. The number of aliphatic carboxylic acids is 2. The van der Waals surface area contributed by atoms with Crippen LogP contribution in [0.5, 0.6) is 0 Å². The molecule has 206 valence electrons. The summed E-state index contributed by atoms with van der Waals surface area (Å²) in [6, 6.07) is -4.84. The molecule has 0 aromatic heterocycles. The van der Waals surface area contributed by atoms with Gasteiger partial charge < -0.3 is 43.4 Å². The van der Waals surface area contributed by atoms with E-state index in [9.17, 15) is 33.9 Å². The fraction of sp³-hybridized carbons (Fsp3) is 0.727. The zero-order chi connectivity index (χ0) is 27.8. The molecule has 11 N–H and O–H groups in total. The molecule has 0 saturated carbocycles. The maximum absolute atomic E-state index is 13.0. The predicted octanol–water partition coefficient (Wildman–Crippen LogP) is -1.84. The molecule has 14 heteroatoms. The Morgan fingerprint density at radius 2 is 1.39 bits per heavy atom. The number of nitrogens with one attached hydrogen (secondary N) is 3. The van der Waals surface area contributed by atoms with E-state index in [4.69, 9.17) is 22.3 Å². The summed E-state index contributed by atoms with van der Waals surface area (Å²) in [5, 5.41) is 25.6. The van der Waals surface area contributed by atoms with E-state index >= 15 is 0 Å². The van der Waals surface area contributed by atoms with Crippen LogP contribution < -0.4 is 33.2 Å². The van der Waals surface area contributed by atoms with Crippen LogP contribution >= 0.6 is 0 Å². The number of amides is 4. The molecule has 0 aliphatic carbocycles. The van der Waals surface area contributed by atoms with Crippen LogP contribution in [-0.2, 0) is 28.8 Å². The first kappa shape index (κ1) is 32.7. The summed E-state index contributed by atoms with van der Waals surface area (Å²) in [5.74, 6) is -6.04. The SMILES string of the molecule is CCC(C)C(NC(=O)C(CCC(=O)O)NC(=O)C(N)CCCCN)C(=O)NC(CCC(N)=O)C(=O)O. The second kappa shape index (κ2) is 17.2. The Morgan fingerprint density at radius 3 is 1.89 bits per heavy atom. The van der Waals surface area contributed by atoms with Crippen LogP contribution in [0, 0.1) is 5.92 Å². The number of carbonyl (C=O) groups excluding carboxylic acids is 4. The van der Waals surface area contributed by atoms with Crippen molar-refractivity contribution in [2.24, 2.45) is 23.1 Å². The normalized spacial score (nSPS) is 15.0. The van der Waals surface area contributed by atoms with Crippen LogP contribution in [0.25, 0.3) is 0 Å². The number of nitrogens with two attached hydrogens (primary N) is 3. The maximum Gasteiger partial charge on any atom is 0.326 e. The number of primary amides is 1. The molecular weight excluding hydrogens is 476 g/mol. The Hall–Kier alpha value is -3.26. The van der Waals surface area contributed by atoms with Gasteiger partial charge in [-0.25, -0.2) is 4.79 Å². The van der Waals surface area contributed by atoms with Crippen LogP contribution in [0.15, 0.2) is 0 Å². The molecule has 0 aromatic rings. The molecule has 0 saturated heterocycles. The van der Waals surface area contributed by atoms with Crippen LogP contribution in [-0.4, -0.2) is 76.5 Å². The van der Waals surface area contributed by atoms with Gasteiger partial charge in [0.15, 0.2) is 0 Å². The first-order valence-corrected chi connectivity index (χ1v) is 11.9. The third-order valence-corrected chi connectivity index (χ3v) is 5.67. The molecule has 0 fully saturated rings. The second-order valence-electron chi connectivity index (χ2n) is 8.66. The quantitative estimate of drug-likeness (QED) is 0.0889. The number of rotatable bonds is 19. The molecule has 0 aliphatic rings. The van der Waals surface area contributed by atoms with Crippen molar-refractivity contribution in [2.45, 2.75) is 89.4 Å². The molecule has 0 rings (SSSR count). The lowest BCUT2D eigenvalue weighted by molar-refractivity contribution is -0.143. The first-order valence-electron chi connectivity index (χ1n) is 11.9. The molecule has 36 heavy (non-hydrogen) atoms. The summed E-state index contributed by atoms with van der Waals surface area (Å²) in [5.41, 5.74) is 16.3. The fourth-order valence-electron chi connectivity index (χ4n) is 3.22. The number of hydrogen-bond donors (Lipinski definition) is 8. The van der Waals surface area contributed by atoms with E-state index in [2.05, 4.69) is 16.0 Å². The highest BCUT2D eigenvalue weighted by molar-refractivity contribution is 5.94. The fourth-order valence-corrected chi connectivity index (χ4v) is 3.22. The average Bonchev–Trinajstić information content (AvgIpc) is 2.81. The van der Waals surface area contributed by atoms with E-state index in [0.29, 0.717) is 32.2 Å². The number of carbonyl (C=O) groups is 6. The summed E-state index contributed by atoms with van der Waals surface area (Å²) in [7, 11) is 0. The first-order chi connectivity index (χ1) is 16.8. The van der Waals surface area contributed by atoms with Crippen molar-refractivity contribution >= 4 is 35.6 Å². The third kappa shape index (κ3) is 13.0. The van der Waals surface area contributed by atoms with Gasteiger partial charge in [-0.1, -0.05) is 26.7 Å². The zero-order valence-corrected chi connectivity index (χ0v) is 20.8. The second-order valence-corrected chi connectivity index (χ2v) is 8.66. The molecule has 0 bridgehead atoms. The van der Waals surface area contributed by atoms with Gasteiger partial charge in [0.05, 0.1) is 6.04 Å². The average molecular weight is 517 g/mol. The Labute approximate surface area is 210 Å². The molecule has 0 aromatic carbocycles. The Kier molecular flexibility index (Phi) is 15.7. The highest BCUT2D eigenvalue weighted by Gasteiger charge is 2.33. The van der Waals surface area contributed by atoms with Gasteiger partial charge in [-0.15, -0.1) is 0 Å². The van der Waals surface area contributed by atoms with Gasteiger partial charge in [-0.2, -0.15) is 0 Å². The number of hydrogen-bond acceptors (Lipinski definition) is 8. The van der Waals surface area contributed by atoms with Crippen molar-refractivity contribution in [1.29, 1.82) is 0 Å². The number of unbranched alkanes of at least 4 members (excludes halogenated alkanes) is 1. The number of carboxylic acids is 2. The number of carboxylic acid groups (broad SMARTS) is 2. The lowest BCUT2D eigenvalue weighted by atomic mass is 9.96. The van der Waals surface area contributed by atoms with Crippen molar-refractivity contribution in [3.05, 3.63) is 0 Å². The highest BCUT2D eigenvalue weighted by Crippen LogP contribution is 2.11. The van der Waals surface area contributed by atoms with Gasteiger partial charge in [0, 0.05) is 12.8 Å². The van der Waals surface area contributed by atoms with Gasteiger partial charge >= 0.3 is 11.9 Å². The molecule has 0 radical (unpaired) electrons. The van der Waals surface area contributed by atoms with E-state index in [1.807, 2.05) is 0 Å². The van der Waals surface area contributed by atoms with Gasteiger partial charge in [0.2, 0.25) is 23.6 Å². The molecule has 0 spiro atoms. The minimum Gasteiger partial charge on any atom is -0.481 e. The monoisotopic (exact) mass is 516 g/mol. The van der Waals surface area contributed by atoms with Crippen molar-refractivity contribution < 1.29 is 39.0 Å². The van der Waals surface area contributed by atoms with Crippen LogP contribution in [0.4, 0.5) is 0 Å². The molecule has 14 nitrogen and oxygen atoms in total. The van der Waals surface area contributed by atoms with Crippen LogP contribution in [0.3, 0.4) is 0 Å². The van der Waals surface area contributed by atoms with Crippen molar-refractivity contribution in [2.75, 3.05) is 6.54 Å². The Morgan fingerprint density at radius 1 is 0.806 bits per heavy atom. The van der Waals surface area contributed by atoms with E-state index in [1.165, 1.54) is 0 Å². The maximum atomic E-state index is 13.0. The summed E-state index contributed by atoms with van der Waals surface area (Å²) < 4.78 is 0. The minimum absolute atomic E-state index is 0.239. The standard InChI is InChI=1S/C22H40N6O8/c1-3-12(2)18(21(34)27-15(22(35)36)7-9-16(25)29)28-20(33)14(8-10-17(30)31)26-19(32)13(24)6-4-5-11-23/h12-15,18H,3-11,23-24H2,1-2H3,(H2,25,29)(H,26,32)(H,27,34)(H,28,33)(H,30,31)(H,35,36). The Bertz CT molecular complexity index is 778. The molecule has 5 atom stereocenters. The highest BCUT2D eigenvalue weighted by atomic mass is 16.4. The minimum atomic E-state index is -1.41.